The molecule has 0 radical (unpaired) electrons. The van der Waals surface area contributed by atoms with Crippen LogP contribution in [0.2, 0.25) is 5.02 Å². The van der Waals surface area contributed by atoms with Gasteiger partial charge in [0.1, 0.15) is 17.4 Å². The number of halogens is 1. The molecular weight excluding hydrogens is 412 g/mol. The molecule has 0 atom stereocenters. The van der Waals surface area contributed by atoms with Crippen molar-refractivity contribution in [3.05, 3.63) is 82.8 Å². The molecule has 156 valence electrons. The van der Waals surface area contributed by atoms with Crippen molar-refractivity contribution in [3.63, 3.8) is 0 Å². The number of pyridine rings is 1. The lowest BCUT2D eigenvalue weighted by Crippen LogP contribution is -2.36. The quantitative estimate of drug-likeness (QED) is 0.446. The molecule has 0 unspecified atom stereocenters. The highest BCUT2D eigenvalue weighted by molar-refractivity contribution is 6.31. The van der Waals surface area contributed by atoms with E-state index in [1.165, 1.54) is 0 Å². The predicted molar refractivity (Wildman–Crippen MR) is 121 cm³/mol. The van der Waals surface area contributed by atoms with E-state index in [0.29, 0.717) is 16.4 Å². The first kappa shape index (κ1) is 19.6. The van der Waals surface area contributed by atoms with Crippen molar-refractivity contribution in [2.75, 3.05) is 12.4 Å². The third-order valence-corrected chi connectivity index (χ3v) is 6.23. The summed E-state index contributed by atoms with van der Waals surface area (Å²) in [5, 5.41) is 3.35. The summed E-state index contributed by atoms with van der Waals surface area (Å²) in [5.74, 6) is 2.00. The van der Waals surface area contributed by atoms with Crippen LogP contribution in [0.3, 0.4) is 0 Å². The third kappa shape index (κ3) is 3.53. The number of hydrogen-bond donors (Lipinski definition) is 2. The van der Waals surface area contributed by atoms with Gasteiger partial charge in [0.05, 0.1) is 23.6 Å². The lowest BCUT2D eigenvalue weighted by molar-refractivity contribution is 0.102. The van der Waals surface area contributed by atoms with Crippen molar-refractivity contribution in [2.45, 2.75) is 24.7 Å². The Labute approximate surface area is 184 Å². The standard InChI is InChI=1S/C24H21ClN4O2/c1-31-18-7-8-19-20(13-18)28-23(27-19)24(10-3-11-24)16-6-9-21(26-14-16)29-22(30)15-4-2-5-17(25)12-15/h2,4-9,12-14H,3,10-11H2,1H3,(H,27,28)(H,26,29,30). The van der Waals surface area contributed by atoms with Gasteiger partial charge in [0.25, 0.3) is 5.91 Å². The van der Waals surface area contributed by atoms with Gasteiger partial charge in [-0.1, -0.05) is 30.2 Å². The van der Waals surface area contributed by atoms with Crippen LogP contribution < -0.4 is 10.1 Å². The molecule has 31 heavy (non-hydrogen) atoms. The minimum absolute atomic E-state index is 0.186. The molecular formula is C24H21ClN4O2. The molecule has 2 aromatic carbocycles. The van der Waals surface area contributed by atoms with Gasteiger partial charge in [-0.2, -0.15) is 0 Å². The molecule has 0 bridgehead atoms. The number of rotatable bonds is 5. The number of carbonyl (C=O) groups excluding carboxylic acids is 1. The Kier molecular flexibility index (Phi) is 4.87. The number of amides is 1. The minimum Gasteiger partial charge on any atom is -0.497 e. The predicted octanol–water partition coefficient (Wildman–Crippen LogP) is 5.34. The summed E-state index contributed by atoms with van der Waals surface area (Å²) < 4.78 is 5.33. The number of hydrogen-bond acceptors (Lipinski definition) is 4. The van der Waals surface area contributed by atoms with E-state index >= 15 is 0 Å². The number of aromatic amines is 1. The molecule has 1 aliphatic carbocycles. The van der Waals surface area contributed by atoms with Crippen LogP contribution in [0.15, 0.2) is 60.8 Å². The second kappa shape index (κ2) is 7.71. The van der Waals surface area contributed by atoms with Crippen molar-refractivity contribution in [1.29, 1.82) is 0 Å². The van der Waals surface area contributed by atoms with Crippen molar-refractivity contribution >= 4 is 34.4 Å². The molecule has 1 amide bonds. The summed E-state index contributed by atoms with van der Waals surface area (Å²) >= 11 is 5.98. The molecule has 1 aliphatic rings. The number of nitrogens with zero attached hydrogens (tertiary/aromatic N) is 2. The molecule has 0 saturated heterocycles. The first-order valence-electron chi connectivity index (χ1n) is 10.2. The number of H-pyrrole nitrogens is 1. The van der Waals surface area contributed by atoms with Crippen LogP contribution in [0.4, 0.5) is 5.82 Å². The third-order valence-electron chi connectivity index (χ3n) is 5.99. The highest BCUT2D eigenvalue weighted by Crippen LogP contribution is 2.48. The number of aromatic nitrogens is 3. The van der Waals surface area contributed by atoms with Crippen molar-refractivity contribution in [2.24, 2.45) is 0 Å². The number of benzene rings is 2. The minimum atomic E-state index is -0.243. The molecule has 2 heterocycles. The van der Waals surface area contributed by atoms with Crippen molar-refractivity contribution in [3.8, 4) is 5.75 Å². The first-order chi connectivity index (χ1) is 15.1. The number of methoxy groups -OCH3 is 1. The Bertz CT molecular complexity index is 1260. The maximum absolute atomic E-state index is 12.5. The summed E-state index contributed by atoms with van der Waals surface area (Å²) in [6.07, 6.45) is 4.97. The lowest BCUT2D eigenvalue weighted by Gasteiger charge is -2.40. The SMILES string of the molecule is COc1ccc2nc(C3(c4ccc(NC(=O)c5cccc(Cl)c5)nc4)CCC3)[nH]c2c1. The summed E-state index contributed by atoms with van der Waals surface area (Å²) in [6, 6.07) is 16.5. The Balaban J connectivity index is 1.41. The normalized spacial score (nSPS) is 14.8. The Morgan fingerprint density at radius 3 is 2.71 bits per heavy atom. The van der Waals surface area contributed by atoms with Crippen molar-refractivity contribution < 1.29 is 9.53 Å². The highest BCUT2D eigenvalue weighted by Gasteiger charge is 2.43. The molecule has 7 heteroatoms. The molecule has 2 aromatic heterocycles. The Morgan fingerprint density at radius 2 is 2.03 bits per heavy atom. The van der Waals surface area contributed by atoms with E-state index in [1.807, 2.05) is 36.5 Å². The number of carbonyl (C=O) groups is 1. The van der Waals surface area contributed by atoms with Gasteiger partial charge in [-0.15, -0.1) is 0 Å². The van der Waals surface area contributed by atoms with Crippen molar-refractivity contribution in [1.82, 2.24) is 15.0 Å². The van der Waals surface area contributed by atoms with Crippen LogP contribution in [0.25, 0.3) is 11.0 Å². The van der Waals surface area contributed by atoms with Gasteiger partial charge in [0.2, 0.25) is 0 Å². The molecule has 0 spiro atoms. The lowest BCUT2D eigenvalue weighted by atomic mass is 9.64. The molecule has 1 fully saturated rings. The van der Waals surface area contributed by atoms with Crippen LogP contribution in [0.5, 0.6) is 5.75 Å². The number of fused-ring (bicyclic) bond motifs is 1. The van der Waals surface area contributed by atoms with Gasteiger partial charge in [0.15, 0.2) is 0 Å². The Morgan fingerprint density at radius 1 is 1.16 bits per heavy atom. The molecule has 4 aromatic rings. The molecule has 0 aliphatic heterocycles. The summed E-state index contributed by atoms with van der Waals surface area (Å²) in [6.45, 7) is 0. The summed E-state index contributed by atoms with van der Waals surface area (Å²) in [7, 11) is 1.66. The topological polar surface area (TPSA) is 79.9 Å². The first-order valence-corrected chi connectivity index (χ1v) is 10.5. The average molecular weight is 433 g/mol. The van der Waals surface area contributed by atoms with E-state index in [0.717, 1.165) is 47.4 Å². The smallest absolute Gasteiger partial charge is 0.256 e. The zero-order valence-corrected chi connectivity index (χ0v) is 17.7. The van der Waals surface area contributed by atoms with Crippen LogP contribution in [0, 0.1) is 0 Å². The van der Waals surface area contributed by atoms with Gasteiger partial charge in [0, 0.05) is 22.8 Å². The van der Waals surface area contributed by atoms with E-state index in [2.05, 4.69) is 15.3 Å². The average Bonchev–Trinajstić information content (AvgIpc) is 3.17. The molecule has 1 saturated carbocycles. The van der Waals surface area contributed by atoms with Gasteiger partial charge in [-0.25, -0.2) is 9.97 Å². The highest BCUT2D eigenvalue weighted by atomic mass is 35.5. The van der Waals surface area contributed by atoms with E-state index < -0.39 is 0 Å². The molecule has 5 rings (SSSR count). The zero-order chi connectivity index (χ0) is 21.4. The Hall–Kier alpha value is -3.38. The number of ether oxygens (including phenoxy) is 1. The van der Waals surface area contributed by atoms with E-state index in [-0.39, 0.29) is 11.3 Å². The van der Waals surface area contributed by atoms with Crippen LogP contribution in [-0.4, -0.2) is 28.0 Å². The zero-order valence-electron chi connectivity index (χ0n) is 17.0. The van der Waals surface area contributed by atoms with E-state index in [1.54, 1.807) is 31.4 Å². The fourth-order valence-corrected chi connectivity index (χ4v) is 4.29. The second-order valence-electron chi connectivity index (χ2n) is 7.80. The fraction of sp³-hybridized carbons (Fsp3) is 0.208. The van der Waals surface area contributed by atoms with Crippen LogP contribution in [0.1, 0.15) is 41.0 Å². The van der Waals surface area contributed by atoms with Crippen LogP contribution >= 0.6 is 11.6 Å². The van der Waals surface area contributed by atoms with Gasteiger partial charge in [-0.05, 0) is 54.8 Å². The maximum atomic E-state index is 12.5. The largest absolute Gasteiger partial charge is 0.497 e. The van der Waals surface area contributed by atoms with E-state index in [9.17, 15) is 4.79 Å². The van der Waals surface area contributed by atoms with Crippen LogP contribution in [-0.2, 0) is 5.41 Å². The van der Waals surface area contributed by atoms with Gasteiger partial charge >= 0.3 is 0 Å². The summed E-state index contributed by atoms with van der Waals surface area (Å²) in [5.41, 5.74) is 3.27. The summed E-state index contributed by atoms with van der Waals surface area (Å²) in [4.78, 5) is 25.3. The van der Waals surface area contributed by atoms with E-state index in [4.69, 9.17) is 21.3 Å². The van der Waals surface area contributed by atoms with Gasteiger partial charge < -0.3 is 15.0 Å². The molecule has 2 N–H and O–H groups in total. The molecule has 6 nitrogen and oxygen atoms in total. The maximum Gasteiger partial charge on any atom is 0.256 e. The fourth-order valence-electron chi connectivity index (χ4n) is 4.10. The number of anilines is 1. The number of nitrogens with one attached hydrogen (secondary N) is 2. The number of imidazole rings is 1. The second-order valence-corrected chi connectivity index (χ2v) is 8.24. The monoisotopic (exact) mass is 432 g/mol. The van der Waals surface area contributed by atoms with Gasteiger partial charge in [-0.3, -0.25) is 4.79 Å².